The number of rotatable bonds is 4. The number of aryl methyl sites for hydroxylation is 2. The molecular weight excluding hydrogens is 337 g/mol. The van der Waals surface area contributed by atoms with E-state index in [0.29, 0.717) is 17.8 Å². The summed E-state index contributed by atoms with van der Waals surface area (Å²) in [5.41, 5.74) is 2.88. The van der Waals surface area contributed by atoms with Crippen LogP contribution in [0.5, 0.6) is 0 Å². The van der Waals surface area contributed by atoms with E-state index in [9.17, 15) is 19.3 Å². The van der Waals surface area contributed by atoms with Gasteiger partial charge in [-0.3, -0.25) is 14.9 Å². The second-order valence-corrected chi connectivity index (χ2v) is 6.48. The molecule has 26 heavy (non-hydrogen) atoms. The van der Waals surface area contributed by atoms with Crippen LogP contribution in [0.25, 0.3) is 0 Å². The average Bonchev–Trinajstić information content (AvgIpc) is 2.59. The fourth-order valence-electron chi connectivity index (χ4n) is 3.31. The summed E-state index contributed by atoms with van der Waals surface area (Å²) in [6, 6.07) is 7.94. The van der Waals surface area contributed by atoms with Crippen LogP contribution in [-0.2, 0) is 11.2 Å². The lowest BCUT2D eigenvalue weighted by atomic mass is 10.0. The average molecular weight is 357 g/mol. The van der Waals surface area contributed by atoms with Crippen molar-refractivity contribution in [3.63, 3.8) is 0 Å². The van der Waals surface area contributed by atoms with Crippen molar-refractivity contribution in [3.8, 4) is 0 Å². The topological polar surface area (TPSA) is 75.5 Å². The van der Waals surface area contributed by atoms with Crippen LogP contribution in [0.4, 0.5) is 21.5 Å². The smallest absolute Gasteiger partial charge is 0.293 e. The number of anilines is 2. The summed E-state index contributed by atoms with van der Waals surface area (Å²) in [6.45, 7) is 4.06. The Morgan fingerprint density at radius 2 is 2.08 bits per heavy atom. The molecule has 7 heteroatoms. The predicted molar refractivity (Wildman–Crippen MR) is 98.1 cm³/mol. The third kappa shape index (κ3) is 3.37. The number of hydrogen-bond donors (Lipinski definition) is 1. The first-order valence-electron chi connectivity index (χ1n) is 8.45. The molecule has 1 aliphatic rings. The zero-order valence-electron chi connectivity index (χ0n) is 14.7. The Hall–Kier alpha value is -2.96. The van der Waals surface area contributed by atoms with Crippen molar-refractivity contribution in [2.45, 2.75) is 26.7 Å². The van der Waals surface area contributed by atoms with Crippen molar-refractivity contribution in [3.05, 3.63) is 63.0 Å². The number of fused-ring (bicyclic) bond motifs is 1. The van der Waals surface area contributed by atoms with E-state index in [1.165, 1.54) is 12.1 Å². The van der Waals surface area contributed by atoms with E-state index < -0.39 is 10.8 Å². The molecule has 0 atom stereocenters. The Morgan fingerprint density at radius 1 is 1.31 bits per heavy atom. The second kappa shape index (κ2) is 7.11. The Bertz CT molecular complexity index is 883. The number of nitrogens with one attached hydrogen (secondary N) is 1. The Balaban J connectivity index is 1.84. The van der Waals surface area contributed by atoms with Gasteiger partial charge in [0, 0.05) is 12.6 Å². The van der Waals surface area contributed by atoms with Crippen LogP contribution in [0, 0.1) is 29.8 Å². The molecule has 2 aromatic rings. The molecule has 1 amide bonds. The van der Waals surface area contributed by atoms with Gasteiger partial charge in [-0.2, -0.15) is 0 Å². The Labute approximate surface area is 150 Å². The minimum atomic E-state index is -0.516. The molecule has 136 valence electrons. The van der Waals surface area contributed by atoms with Gasteiger partial charge in [-0.15, -0.1) is 0 Å². The van der Waals surface area contributed by atoms with Gasteiger partial charge < -0.3 is 10.2 Å². The lowest BCUT2D eigenvalue weighted by Gasteiger charge is -2.31. The lowest BCUT2D eigenvalue weighted by Crippen LogP contribution is -2.37. The maximum Gasteiger partial charge on any atom is 0.293 e. The zero-order chi connectivity index (χ0) is 18.8. The molecule has 2 aromatic carbocycles. The van der Waals surface area contributed by atoms with E-state index in [1.54, 1.807) is 24.0 Å². The first-order valence-corrected chi connectivity index (χ1v) is 8.45. The number of halogens is 1. The highest BCUT2D eigenvalue weighted by Crippen LogP contribution is 2.32. The van der Waals surface area contributed by atoms with Crippen LogP contribution >= 0.6 is 0 Å². The minimum Gasteiger partial charge on any atom is -0.360 e. The van der Waals surface area contributed by atoms with Crippen molar-refractivity contribution in [2.24, 2.45) is 0 Å². The molecule has 0 spiro atoms. The molecule has 0 aliphatic carbocycles. The summed E-state index contributed by atoms with van der Waals surface area (Å²) >= 11 is 0. The largest absolute Gasteiger partial charge is 0.360 e. The molecule has 6 nitrogen and oxygen atoms in total. The van der Waals surface area contributed by atoms with Crippen molar-refractivity contribution in [1.82, 2.24) is 0 Å². The number of hydrogen-bond acceptors (Lipinski definition) is 4. The van der Waals surface area contributed by atoms with E-state index in [2.05, 4.69) is 5.32 Å². The van der Waals surface area contributed by atoms with Gasteiger partial charge in [-0.05, 0) is 49.4 Å². The number of amides is 1. The normalized spacial score (nSPS) is 13.3. The number of nitro benzene ring substituents is 1. The highest BCUT2D eigenvalue weighted by Gasteiger charge is 2.24. The molecule has 3 rings (SSSR count). The molecular formula is C19H20FN3O3. The first kappa shape index (κ1) is 17.8. The molecule has 1 N–H and O–H groups in total. The summed E-state index contributed by atoms with van der Waals surface area (Å²) in [4.78, 5) is 25.0. The lowest BCUT2D eigenvalue weighted by molar-refractivity contribution is -0.384. The predicted octanol–water partition coefficient (Wildman–Crippen LogP) is 3.74. The fourth-order valence-corrected chi connectivity index (χ4v) is 3.31. The van der Waals surface area contributed by atoms with Gasteiger partial charge in [-0.1, -0.05) is 18.2 Å². The van der Waals surface area contributed by atoms with Gasteiger partial charge in [0.2, 0.25) is 5.91 Å². The van der Waals surface area contributed by atoms with E-state index in [-0.39, 0.29) is 23.7 Å². The van der Waals surface area contributed by atoms with Gasteiger partial charge in [-0.25, -0.2) is 4.39 Å². The number of nitrogens with zero attached hydrogens (tertiary/aromatic N) is 2. The van der Waals surface area contributed by atoms with Crippen LogP contribution in [0.1, 0.15) is 23.1 Å². The molecule has 0 radical (unpaired) electrons. The van der Waals surface area contributed by atoms with Crippen molar-refractivity contribution < 1.29 is 14.1 Å². The second-order valence-electron chi connectivity index (χ2n) is 6.48. The maximum absolute atomic E-state index is 14.2. The first-order chi connectivity index (χ1) is 12.4. The molecule has 0 fully saturated rings. The summed E-state index contributed by atoms with van der Waals surface area (Å²) in [5.74, 6) is -0.759. The van der Waals surface area contributed by atoms with Gasteiger partial charge in [0.25, 0.3) is 5.69 Å². The third-order valence-electron chi connectivity index (χ3n) is 4.77. The van der Waals surface area contributed by atoms with Crippen LogP contribution in [0.2, 0.25) is 0 Å². The number of benzene rings is 2. The molecule has 1 aliphatic heterocycles. The van der Waals surface area contributed by atoms with Gasteiger partial charge in [0.05, 0.1) is 17.2 Å². The van der Waals surface area contributed by atoms with E-state index in [4.69, 9.17) is 0 Å². The standard InChI is InChI=1S/C19H20FN3O3/c1-12-8-9-16(23(25)26)18(13(12)2)21-17(24)11-22-10-4-6-14-5-3-7-15(20)19(14)22/h3,5,7-9H,4,6,10-11H2,1-2H3,(H,21,24). The Morgan fingerprint density at radius 3 is 2.81 bits per heavy atom. The fraction of sp³-hybridized carbons (Fsp3) is 0.316. The number of carbonyl (C=O) groups is 1. The van der Waals surface area contributed by atoms with Crippen molar-refractivity contribution in [2.75, 3.05) is 23.3 Å². The monoisotopic (exact) mass is 357 g/mol. The van der Waals surface area contributed by atoms with Crippen molar-refractivity contribution in [1.29, 1.82) is 0 Å². The van der Waals surface area contributed by atoms with Crippen LogP contribution in [-0.4, -0.2) is 23.9 Å². The van der Waals surface area contributed by atoms with E-state index in [1.807, 2.05) is 13.0 Å². The minimum absolute atomic E-state index is 0.0571. The number of para-hydroxylation sites is 1. The molecule has 0 unspecified atom stereocenters. The zero-order valence-corrected chi connectivity index (χ0v) is 14.7. The maximum atomic E-state index is 14.2. The molecule has 0 saturated carbocycles. The molecule has 0 saturated heterocycles. The van der Waals surface area contributed by atoms with E-state index >= 15 is 0 Å². The van der Waals surface area contributed by atoms with E-state index in [0.717, 1.165) is 24.0 Å². The molecule has 0 bridgehead atoms. The quantitative estimate of drug-likeness (QED) is 0.668. The Kier molecular flexibility index (Phi) is 4.88. The van der Waals surface area contributed by atoms with Crippen LogP contribution in [0.3, 0.4) is 0 Å². The summed E-state index contributed by atoms with van der Waals surface area (Å²) in [7, 11) is 0. The van der Waals surface area contributed by atoms with Crippen molar-refractivity contribution >= 4 is 23.0 Å². The number of nitro groups is 1. The summed E-state index contributed by atoms with van der Waals surface area (Å²) in [6.07, 6.45) is 1.60. The highest BCUT2D eigenvalue weighted by atomic mass is 19.1. The van der Waals surface area contributed by atoms with Crippen LogP contribution in [0.15, 0.2) is 30.3 Å². The summed E-state index contributed by atoms with van der Waals surface area (Å²) in [5, 5.41) is 13.9. The van der Waals surface area contributed by atoms with Gasteiger partial charge in [0.15, 0.2) is 0 Å². The summed E-state index contributed by atoms with van der Waals surface area (Å²) < 4.78 is 14.2. The highest BCUT2D eigenvalue weighted by molar-refractivity contribution is 5.97. The molecule has 0 aromatic heterocycles. The van der Waals surface area contributed by atoms with Crippen LogP contribution < -0.4 is 10.2 Å². The third-order valence-corrected chi connectivity index (χ3v) is 4.77. The molecule has 1 heterocycles. The van der Waals surface area contributed by atoms with Gasteiger partial charge >= 0.3 is 0 Å². The SMILES string of the molecule is Cc1ccc([N+](=O)[O-])c(NC(=O)CN2CCCc3cccc(F)c32)c1C. The number of carbonyl (C=O) groups excluding carboxylic acids is 1. The van der Waals surface area contributed by atoms with Gasteiger partial charge in [0.1, 0.15) is 11.5 Å².